The van der Waals surface area contributed by atoms with Crippen LogP contribution in [0.4, 0.5) is 17.1 Å². The topological polar surface area (TPSA) is 3.24 Å². The summed E-state index contributed by atoms with van der Waals surface area (Å²) < 4.78 is 0. The Morgan fingerprint density at radius 3 is 1.08 bits per heavy atom. The molecule has 7 rings (SSSR count). The molecule has 11 heteroatoms. The molecule has 0 saturated heterocycles. The predicted molar refractivity (Wildman–Crippen MR) is 240 cm³/mol. The zero-order valence-corrected chi connectivity index (χ0v) is 30.3. The molecule has 0 bridgehead atoms. The van der Waals surface area contributed by atoms with E-state index in [9.17, 15) is 0 Å². The molecule has 1 nitrogen and oxygen atoms in total. The normalized spacial score (nSPS) is 12.8. The summed E-state index contributed by atoms with van der Waals surface area (Å²) in [6.45, 7) is 0. The maximum absolute atomic E-state index is 2.57. The second kappa shape index (κ2) is 12.0. The Bertz CT molecular complexity index is 2080. The van der Waals surface area contributed by atoms with Gasteiger partial charge in [-0.05, 0) is 45.5 Å². The van der Waals surface area contributed by atoms with Gasteiger partial charge >= 0.3 is 0 Å². The molecule has 0 N–H and O–H groups in total. The standard InChI is InChI=1S/C37H37B10N/c38-25-27(40)31(44)35(32(45)28(25)41)48(36-33(46)29(42)26(39)30(43)34(36)47)20-16-14-19(15-17-20)37(18-8-2-1-3-9-18)23-12-6-4-10-21(23)22-11-5-7-13-24(22)37/h1-17H,38-47H2. The molecule has 0 aromatic heterocycles. The van der Waals surface area contributed by atoms with Gasteiger partial charge in [0.2, 0.25) is 0 Å². The zero-order chi connectivity index (χ0) is 34.1. The van der Waals surface area contributed by atoms with Crippen LogP contribution in [0.25, 0.3) is 11.1 Å². The lowest BCUT2D eigenvalue weighted by molar-refractivity contribution is 0.768. The van der Waals surface area contributed by atoms with Crippen LogP contribution in [0.15, 0.2) is 103 Å². The second-order valence-corrected chi connectivity index (χ2v) is 14.0. The van der Waals surface area contributed by atoms with Gasteiger partial charge in [-0.3, -0.25) is 0 Å². The van der Waals surface area contributed by atoms with Gasteiger partial charge in [-0.15, -0.1) is 10.9 Å². The van der Waals surface area contributed by atoms with Crippen LogP contribution in [0.2, 0.25) is 0 Å². The number of fused-ring (bicyclic) bond motifs is 3. The molecule has 0 spiro atoms. The average Bonchev–Trinajstić information content (AvgIpc) is 3.42. The first-order chi connectivity index (χ1) is 23.0. The fraction of sp³-hybridized carbons (Fsp3) is 0.0270. The molecule has 0 unspecified atom stereocenters. The SMILES string of the molecule is Bc1c(B)c(B)c(N(c2ccc(C3(c4ccccc4)c4ccccc4-c4ccccc43)cc2)c2c(B)c(B)c(B)c(B)c2B)c(B)c1B. The fourth-order valence-electron chi connectivity index (χ4n) is 8.57. The van der Waals surface area contributed by atoms with Crippen LogP contribution < -0.4 is 59.5 Å². The Morgan fingerprint density at radius 1 is 0.333 bits per heavy atom. The van der Waals surface area contributed by atoms with Crippen LogP contribution in [-0.4, -0.2) is 78.5 Å². The first-order valence-electron chi connectivity index (χ1n) is 17.3. The van der Waals surface area contributed by atoms with Crippen molar-refractivity contribution in [1.82, 2.24) is 0 Å². The number of rotatable bonds is 5. The van der Waals surface area contributed by atoms with Crippen molar-refractivity contribution in [3.05, 3.63) is 125 Å². The van der Waals surface area contributed by atoms with Crippen molar-refractivity contribution in [2.45, 2.75) is 5.41 Å². The van der Waals surface area contributed by atoms with Crippen LogP contribution in [0.3, 0.4) is 0 Å². The molecule has 48 heavy (non-hydrogen) atoms. The molecule has 0 saturated carbocycles. The van der Waals surface area contributed by atoms with Crippen LogP contribution in [0.1, 0.15) is 22.3 Å². The molecule has 1 aliphatic carbocycles. The number of benzene rings is 6. The molecular weight excluding hydrogens is 567 g/mol. The van der Waals surface area contributed by atoms with Gasteiger partial charge in [-0.25, -0.2) is 0 Å². The van der Waals surface area contributed by atoms with Gasteiger partial charge in [0, 0.05) is 17.1 Å². The Kier molecular flexibility index (Phi) is 8.10. The van der Waals surface area contributed by atoms with E-state index < -0.39 is 5.41 Å². The maximum Gasteiger partial charge on any atom is 0.141 e. The average molecular weight is 604 g/mol. The number of hydrogen-bond acceptors (Lipinski definition) is 1. The van der Waals surface area contributed by atoms with E-state index in [-0.39, 0.29) is 0 Å². The third-order valence-electron chi connectivity index (χ3n) is 12.1. The van der Waals surface area contributed by atoms with E-state index in [4.69, 9.17) is 0 Å². The maximum atomic E-state index is 2.57. The highest BCUT2D eigenvalue weighted by Crippen LogP contribution is 2.56. The Hall–Kier alpha value is -4.23. The van der Waals surface area contributed by atoms with Gasteiger partial charge in [0.1, 0.15) is 78.5 Å². The molecule has 220 valence electrons. The molecule has 6 aromatic carbocycles. The highest BCUT2D eigenvalue weighted by molar-refractivity contribution is 6.71. The minimum atomic E-state index is -0.413. The van der Waals surface area contributed by atoms with Gasteiger partial charge in [0.05, 0.1) is 5.41 Å². The third-order valence-corrected chi connectivity index (χ3v) is 12.1. The highest BCUT2D eigenvalue weighted by Gasteiger charge is 2.45. The lowest BCUT2D eigenvalue weighted by atomic mass is 9.60. The van der Waals surface area contributed by atoms with Gasteiger partial charge in [-0.1, -0.05) is 135 Å². The summed E-state index contributed by atoms with van der Waals surface area (Å²) in [5.41, 5.74) is 24.9. The molecule has 0 heterocycles. The van der Waals surface area contributed by atoms with Gasteiger partial charge in [0.25, 0.3) is 0 Å². The van der Waals surface area contributed by atoms with E-state index in [0.717, 1.165) is 0 Å². The summed E-state index contributed by atoms with van der Waals surface area (Å²) in [6, 6.07) is 38.6. The molecule has 6 aromatic rings. The summed E-state index contributed by atoms with van der Waals surface area (Å²) in [4.78, 5) is 2.57. The number of nitrogens with zero attached hydrogens (tertiary/aromatic N) is 1. The fourth-order valence-corrected chi connectivity index (χ4v) is 8.57. The summed E-state index contributed by atoms with van der Waals surface area (Å²) in [6.07, 6.45) is 0. The van der Waals surface area contributed by atoms with E-state index in [2.05, 4.69) is 186 Å². The number of anilines is 3. The van der Waals surface area contributed by atoms with E-state index >= 15 is 0 Å². The van der Waals surface area contributed by atoms with E-state index in [1.807, 2.05) is 0 Å². The second-order valence-electron chi connectivity index (χ2n) is 14.0. The predicted octanol–water partition coefficient (Wildman–Crippen LogP) is -7.90. The molecule has 0 atom stereocenters. The first-order valence-corrected chi connectivity index (χ1v) is 17.3. The van der Waals surface area contributed by atoms with Crippen molar-refractivity contribution < 1.29 is 0 Å². The van der Waals surface area contributed by atoms with Crippen LogP contribution in [-0.2, 0) is 5.41 Å². The lowest BCUT2D eigenvalue weighted by Gasteiger charge is -2.37. The Balaban J connectivity index is 1.53. The van der Waals surface area contributed by atoms with Crippen molar-refractivity contribution in [1.29, 1.82) is 0 Å². The molecular formula is C37H37B10N. The monoisotopic (exact) mass is 605 g/mol. The summed E-state index contributed by atoms with van der Waals surface area (Å²) >= 11 is 0. The van der Waals surface area contributed by atoms with Gasteiger partial charge in [-0.2, -0.15) is 0 Å². The molecule has 0 fully saturated rings. The molecule has 0 aliphatic heterocycles. The summed E-state index contributed by atoms with van der Waals surface area (Å²) in [5, 5.41) is 0. The van der Waals surface area contributed by atoms with Crippen molar-refractivity contribution in [2.75, 3.05) is 4.90 Å². The number of hydrogen-bond donors (Lipinski definition) is 0. The summed E-state index contributed by atoms with van der Waals surface area (Å²) in [7, 11) is 22.9. The van der Waals surface area contributed by atoms with Crippen LogP contribution >= 0.6 is 0 Å². The first kappa shape index (κ1) is 32.3. The summed E-state index contributed by atoms with van der Waals surface area (Å²) in [5.74, 6) is 0. The quantitative estimate of drug-likeness (QED) is 0.177. The highest BCUT2D eigenvalue weighted by atomic mass is 15.1. The minimum absolute atomic E-state index is 0.413. The van der Waals surface area contributed by atoms with Crippen LogP contribution in [0, 0.1) is 0 Å². The van der Waals surface area contributed by atoms with E-state index in [0.29, 0.717) is 0 Å². The van der Waals surface area contributed by atoms with E-state index in [1.165, 1.54) is 105 Å². The largest absolute Gasteiger partial charge is 0.313 e. The van der Waals surface area contributed by atoms with Gasteiger partial charge in [0.15, 0.2) is 0 Å². The molecule has 0 amide bonds. The Morgan fingerprint density at radius 2 is 0.667 bits per heavy atom. The molecule has 0 radical (unpaired) electrons. The molecule has 1 aliphatic rings. The van der Waals surface area contributed by atoms with Crippen molar-refractivity contribution in [3.63, 3.8) is 0 Å². The van der Waals surface area contributed by atoms with Crippen molar-refractivity contribution in [3.8, 4) is 11.1 Å². The zero-order valence-electron chi connectivity index (χ0n) is 30.3. The third kappa shape index (κ3) is 4.53. The van der Waals surface area contributed by atoms with Crippen molar-refractivity contribution in [2.24, 2.45) is 0 Å². The lowest BCUT2D eigenvalue weighted by Crippen LogP contribution is -2.59. The van der Waals surface area contributed by atoms with E-state index in [1.54, 1.807) is 0 Å². The Labute approximate surface area is 295 Å². The van der Waals surface area contributed by atoms with Crippen molar-refractivity contribution >= 4 is 150 Å². The van der Waals surface area contributed by atoms with Gasteiger partial charge < -0.3 is 4.90 Å². The smallest absolute Gasteiger partial charge is 0.141 e. The van der Waals surface area contributed by atoms with Crippen LogP contribution in [0.5, 0.6) is 0 Å². The minimum Gasteiger partial charge on any atom is -0.313 e.